The number of carbonyl (C=O) groups excluding carboxylic acids is 2. The van der Waals surface area contributed by atoms with Crippen molar-refractivity contribution in [3.63, 3.8) is 0 Å². The molecule has 5 aliphatic rings. The summed E-state index contributed by atoms with van der Waals surface area (Å²) in [4.78, 5) is 25.3. The minimum Gasteiger partial charge on any atom is -0.393 e. The molecular weight excluding hydrogens is 396 g/mol. The van der Waals surface area contributed by atoms with Crippen molar-refractivity contribution in [2.24, 2.45) is 28.6 Å². The van der Waals surface area contributed by atoms with E-state index >= 15 is 0 Å². The van der Waals surface area contributed by atoms with Gasteiger partial charge >= 0.3 is 0 Å². The highest BCUT2D eigenvalue weighted by atomic mass is 16.7. The van der Waals surface area contributed by atoms with Gasteiger partial charge in [0, 0.05) is 23.2 Å². The number of ketones is 2. The Labute approximate surface area is 183 Å². The summed E-state index contributed by atoms with van der Waals surface area (Å²) in [5, 5.41) is 21.5. The number of ether oxygens (including phenoxy) is 2. The van der Waals surface area contributed by atoms with Crippen LogP contribution in [-0.2, 0) is 19.1 Å². The van der Waals surface area contributed by atoms with Gasteiger partial charge in [-0.05, 0) is 63.5 Å². The van der Waals surface area contributed by atoms with E-state index in [4.69, 9.17) is 9.47 Å². The summed E-state index contributed by atoms with van der Waals surface area (Å²) in [6, 6.07) is 0. The number of aliphatic hydroxyl groups excluding tert-OH is 2. The van der Waals surface area contributed by atoms with E-state index in [1.165, 1.54) is 0 Å². The summed E-state index contributed by atoms with van der Waals surface area (Å²) < 4.78 is 12.6. The fourth-order valence-electron chi connectivity index (χ4n) is 8.20. The van der Waals surface area contributed by atoms with E-state index in [9.17, 15) is 19.8 Å². The quantitative estimate of drug-likeness (QED) is 0.700. The van der Waals surface area contributed by atoms with Gasteiger partial charge in [0.1, 0.15) is 12.2 Å². The van der Waals surface area contributed by atoms with Gasteiger partial charge in [0.2, 0.25) is 0 Å². The molecular formula is C25H34O6. The van der Waals surface area contributed by atoms with E-state index in [1.807, 2.05) is 19.9 Å². The summed E-state index contributed by atoms with van der Waals surface area (Å²) in [6.07, 6.45) is 7.95. The van der Waals surface area contributed by atoms with Crippen LogP contribution in [0.15, 0.2) is 23.8 Å². The van der Waals surface area contributed by atoms with Crippen LogP contribution in [0.1, 0.15) is 59.8 Å². The Balaban J connectivity index is 1.61. The van der Waals surface area contributed by atoms with Crippen LogP contribution in [0.5, 0.6) is 0 Å². The fraction of sp³-hybridized carbons (Fsp3) is 0.760. The third kappa shape index (κ3) is 2.78. The van der Waals surface area contributed by atoms with Crippen molar-refractivity contribution in [1.82, 2.24) is 0 Å². The average Bonchev–Trinajstić information content (AvgIpc) is 2.68. The summed E-state index contributed by atoms with van der Waals surface area (Å²) >= 11 is 0. The minimum atomic E-state index is -1.17. The molecule has 1 heterocycles. The molecule has 0 aromatic rings. The number of Topliss-reactive ketones (excluding diaryl/α,β-unsaturated/α-hetero) is 1. The van der Waals surface area contributed by atoms with Gasteiger partial charge in [-0.15, -0.1) is 0 Å². The second-order valence-corrected chi connectivity index (χ2v) is 11.3. The molecule has 0 aromatic carbocycles. The summed E-state index contributed by atoms with van der Waals surface area (Å²) in [5.74, 6) is -0.943. The van der Waals surface area contributed by atoms with E-state index in [0.29, 0.717) is 12.8 Å². The highest BCUT2D eigenvalue weighted by Gasteiger charge is 2.71. The molecule has 1 saturated heterocycles. The average molecular weight is 431 g/mol. The SMILES string of the molecule is CC1(C)O[C@H]2CC3[C@@H]4CCC5=CC(=O)C=C[C@]5(C)C4[C@@H](O)CC3(C)[C@@](C(=O)CO)(C2)O1. The predicted octanol–water partition coefficient (Wildman–Crippen LogP) is 2.72. The Bertz CT molecular complexity index is 888. The van der Waals surface area contributed by atoms with Crippen LogP contribution in [0, 0.1) is 28.6 Å². The van der Waals surface area contributed by atoms with Crippen LogP contribution in [0.4, 0.5) is 0 Å². The standard InChI is InChI=1S/C25H34O6/c1-22(2)30-16-10-18-17-6-5-14-9-15(27)7-8-23(14,3)21(17)19(28)12-24(18,4)25(11-16,31-22)20(29)13-26/h7-9,16-19,21,26,28H,5-6,10-13H2,1-4H3/t16-,17-,18?,19-,21?,23-,24?,25-/m0/s1. The number of hydrogen-bond acceptors (Lipinski definition) is 6. The van der Waals surface area contributed by atoms with E-state index in [2.05, 4.69) is 13.8 Å². The van der Waals surface area contributed by atoms with Crippen LogP contribution in [-0.4, -0.2) is 52.0 Å². The van der Waals surface area contributed by atoms with Crippen LogP contribution >= 0.6 is 0 Å². The van der Waals surface area contributed by atoms with Gasteiger partial charge in [0.15, 0.2) is 17.4 Å². The topological polar surface area (TPSA) is 93.1 Å². The number of hydrogen-bond donors (Lipinski definition) is 2. The van der Waals surface area contributed by atoms with Crippen molar-refractivity contribution in [1.29, 1.82) is 0 Å². The van der Waals surface area contributed by atoms with Crippen molar-refractivity contribution in [3.05, 3.63) is 23.8 Å². The second kappa shape index (κ2) is 6.60. The maximum Gasteiger partial charge on any atom is 0.190 e. The third-order valence-electron chi connectivity index (χ3n) is 9.30. The van der Waals surface area contributed by atoms with Gasteiger partial charge in [-0.25, -0.2) is 0 Å². The molecule has 2 bridgehead atoms. The van der Waals surface area contributed by atoms with Crippen LogP contribution in [0.2, 0.25) is 0 Å². The zero-order valence-electron chi connectivity index (χ0n) is 18.9. The first-order valence-electron chi connectivity index (χ1n) is 11.6. The molecule has 3 unspecified atom stereocenters. The van der Waals surface area contributed by atoms with E-state index in [1.54, 1.807) is 12.2 Å². The first-order chi connectivity index (χ1) is 14.5. The summed E-state index contributed by atoms with van der Waals surface area (Å²) in [7, 11) is 0. The van der Waals surface area contributed by atoms with Gasteiger partial charge in [-0.3, -0.25) is 9.59 Å². The molecule has 2 N–H and O–H groups in total. The lowest BCUT2D eigenvalue weighted by atomic mass is 9.41. The molecule has 0 spiro atoms. The van der Waals surface area contributed by atoms with Gasteiger partial charge in [-0.2, -0.15) is 0 Å². The predicted molar refractivity (Wildman–Crippen MR) is 113 cm³/mol. The molecule has 5 rings (SSSR count). The third-order valence-corrected chi connectivity index (χ3v) is 9.30. The zero-order valence-corrected chi connectivity index (χ0v) is 18.9. The van der Waals surface area contributed by atoms with Crippen molar-refractivity contribution in [3.8, 4) is 0 Å². The Morgan fingerprint density at radius 2 is 1.97 bits per heavy atom. The van der Waals surface area contributed by atoms with Gasteiger partial charge in [-0.1, -0.05) is 25.5 Å². The molecule has 1 aliphatic heterocycles. The van der Waals surface area contributed by atoms with Crippen molar-refractivity contribution in [2.75, 3.05) is 6.61 Å². The first-order valence-corrected chi connectivity index (χ1v) is 11.6. The van der Waals surface area contributed by atoms with E-state index in [-0.39, 0.29) is 40.8 Å². The number of carbonyl (C=O) groups is 2. The maximum atomic E-state index is 13.3. The zero-order chi connectivity index (χ0) is 22.4. The number of fused-ring (bicyclic) bond motifs is 8. The lowest BCUT2D eigenvalue weighted by Crippen LogP contribution is -2.73. The number of allylic oxidation sites excluding steroid dienone is 4. The largest absolute Gasteiger partial charge is 0.393 e. The Morgan fingerprint density at radius 3 is 2.68 bits per heavy atom. The lowest BCUT2D eigenvalue weighted by molar-refractivity contribution is -0.382. The summed E-state index contributed by atoms with van der Waals surface area (Å²) in [6.45, 7) is 7.29. The molecule has 4 fully saturated rings. The van der Waals surface area contributed by atoms with Gasteiger partial charge in [0.05, 0.1) is 12.2 Å². The van der Waals surface area contributed by atoms with Crippen molar-refractivity contribution >= 4 is 11.6 Å². The molecule has 0 amide bonds. The van der Waals surface area contributed by atoms with Crippen LogP contribution in [0.25, 0.3) is 0 Å². The molecule has 0 radical (unpaired) electrons. The smallest absolute Gasteiger partial charge is 0.190 e. The maximum absolute atomic E-state index is 13.3. The highest BCUT2D eigenvalue weighted by molar-refractivity contribution is 6.01. The van der Waals surface area contributed by atoms with E-state index in [0.717, 1.165) is 24.8 Å². The molecule has 4 aliphatic carbocycles. The van der Waals surface area contributed by atoms with Gasteiger partial charge < -0.3 is 19.7 Å². The molecule has 31 heavy (non-hydrogen) atoms. The Morgan fingerprint density at radius 1 is 1.23 bits per heavy atom. The molecule has 3 saturated carbocycles. The molecule has 170 valence electrons. The number of rotatable bonds is 2. The number of aliphatic hydroxyl groups is 2. The normalized spacial score (nSPS) is 50.1. The Hall–Kier alpha value is -1.34. The highest BCUT2D eigenvalue weighted by Crippen LogP contribution is 2.68. The fourth-order valence-corrected chi connectivity index (χ4v) is 8.20. The van der Waals surface area contributed by atoms with Gasteiger partial charge in [0.25, 0.3) is 0 Å². The van der Waals surface area contributed by atoms with Crippen LogP contribution < -0.4 is 0 Å². The molecule has 6 heteroatoms. The van der Waals surface area contributed by atoms with Crippen molar-refractivity contribution in [2.45, 2.75) is 83.4 Å². The monoisotopic (exact) mass is 430 g/mol. The van der Waals surface area contributed by atoms with Crippen LogP contribution in [0.3, 0.4) is 0 Å². The van der Waals surface area contributed by atoms with E-state index < -0.39 is 29.5 Å². The first kappa shape index (κ1) is 21.5. The second-order valence-electron chi connectivity index (χ2n) is 11.3. The summed E-state index contributed by atoms with van der Waals surface area (Å²) in [5.41, 5.74) is -1.02. The minimum absolute atomic E-state index is 0.0183. The van der Waals surface area contributed by atoms with Crippen molar-refractivity contribution < 1.29 is 29.3 Å². The molecule has 8 atom stereocenters. The molecule has 0 aromatic heterocycles. The Kier molecular flexibility index (Phi) is 4.57. The molecule has 6 nitrogen and oxygen atoms in total. The lowest BCUT2D eigenvalue weighted by Gasteiger charge is -2.68.